The van der Waals surface area contributed by atoms with E-state index in [2.05, 4.69) is 9.97 Å². The van der Waals surface area contributed by atoms with E-state index in [4.69, 9.17) is 9.47 Å². The van der Waals surface area contributed by atoms with E-state index in [0.29, 0.717) is 19.0 Å². The molecule has 0 atom stereocenters. The summed E-state index contributed by atoms with van der Waals surface area (Å²) in [7, 11) is 0. The Balaban J connectivity index is 1.84. The fourth-order valence-electron chi connectivity index (χ4n) is 1.66. The van der Waals surface area contributed by atoms with Gasteiger partial charge in [-0.15, -0.1) is 0 Å². The van der Waals surface area contributed by atoms with Crippen LogP contribution in [0, 0.1) is 5.95 Å². The van der Waals surface area contributed by atoms with Crippen molar-refractivity contribution in [3.8, 4) is 5.82 Å². The fraction of sp³-hybridized carbons (Fsp3) is 0.273. The maximum Gasteiger partial charge on any atom is 0.231 e. The van der Waals surface area contributed by atoms with Gasteiger partial charge in [0, 0.05) is 11.8 Å². The van der Waals surface area contributed by atoms with E-state index in [1.54, 1.807) is 12.3 Å². The predicted molar refractivity (Wildman–Crippen MR) is 56.0 cm³/mol. The van der Waals surface area contributed by atoms with E-state index in [1.165, 1.54) is 17.1 Å². The van der Waals surface area contributed by atoms with Crippen molar-refractivity contribution in [2.45, 2.75) is 6.29 Å². The first-order valence-corrected chi connectivity index (χ1v) is 5.22. The molecular formula is C11H10FN3O2. The number of rotatable bonds is 2. The molecule has 1 aliphatic rings. The van der Waals surface area contributed by atoms with E-state index in [1.807, 2.05) is 6.07 Å². The van der Waals surface area contributed by atoms with Gasteiger partial charge in [-0.25, -0.2) is 9.97 Å². The highest BCUT2D eigenvalue weighted by molar-refractivity contribution is 5.26. The molecule has 88 valence electrons. The third-order valence-electron chi connectivity index (χ3n) is 2.48. The Bertz CT molecular complexity index is 506. The third-order valence-corrected chi connectivity index (χ3v) is 2.48. The van der Waals surface area contributed by atoms with E-state index in [9.17, 15) is 4.39 Å². The molecular weight excluding hydrogens is 225 g/mol. The van der Waals surface area contributed by atoms with Crippen molar-refractivity contribution >= 4 is 0 Å². The number of halogens is 1. The summed E-state index contributed by atoms with van der Waals surface area (Å²) in [5.74, 6) is 0.0708. The smallest absolute Gasteiger partial charge is 0.231 e. The fourth-order valence-corrected chi connectivity index (χ4v) is 1.66. The SMILES string of the molecule is Fc1cn(-c2ccc(C3OCCO3)cn2)cn1. The van der Waals surface area contributed by atoms with Crippen molar-refractivity contribution in [2.75, 3.05) is 13.2 Å². The second-order valence-corrected chi connectivity index (χ2v) is 3.63. The van der Waals surface area contributed by atoms with Crippen molar-refractivity contribution < 1.29 is 13.9 Å². The zero-order valence-electron chi connectivity index (χ0n) is 8.91. The van der Waals surface area contributed by atoms with Gasteiger partial charge in [-0.05, 0) is 12.1 Å². The Hall–Kier alpha value is -1.79. The van der Waals surface area contributed by atoms with Crippen LogP contribution in [0.1, 0.15) is 11.9 Å². The van der Waals surface area contributed by atoms with Gasteiger partial charge >= 0.3 is 0 Å². The molecule has 0 aromatic carbocycles. The van der Waals surface area contributed by atoms with Crippen LogP contribution in [0.3, 0.4) is 0 Å². The molecule has 0 bridgehead atoms. The molecule has 2 aromatic heterocycles. The predicted octanol–water partition coefficient (Wildman–Crippen LogP) is 1.45. The molecule has 17 heavy (non-hydrogen) atoms. The largest absolute Gasteiger partial charge is 0.346 e. The van der Waals surface area contributed by atoms with Crippen molar-refractivity contribution in [3.63, 3.8) is 0 Å². The number of hydrogen-bond donors (Lipinski definition) is 0. The molecule has 1 saturated heterocycles. The summed E-state index contributed by atoms with van der Waals surface area (Å²) >= 11 is 0. The van der Waals surface area contributed by atoms with Crippen molar-refractivity contribution in [1.29, 1.82) is 0 Å². The third kappa shape index (κ3) is 2.04. The van der Waals surface area contributed by atoms with Crippen LogP contribution in [0.15, 0.2) is 30.9 Å². The molecule has 0 radical (unpaired) electrons. The van der Waals surface area contributed by atoms with Crippen molar-refractivity contribution in [1.82, 2.24) is 14.5 Å². The second kappa shape index (κ2) is 4.23. The molecule has 0 amide bonds. The average molecular weight is 235 g/mol. The van der Waals surface area contributed by atoms with Gasteiger partial charge in [-0.1, -0.05) is 0 Å². The first-order valence-electron chi connectivity index (χ1n) is 5.22. The van der Waals surface area contributed by atoms with E-state index >= 15 is 0 Å². The van der Waals surface area contributed by atoms with Gasteiger partial charge in [-0.3, -0.25) is 4.57 Å². The Morgan fingerprint density at radius 2 is 2.06 bits per heavy atom. The number of ether oxygens (including phenoxy) is 2. The van der Waals surface area contributed by atoms with Crippen molar-refractivity contribution in [2.24, 2.45) is 0 Å². The minimum atomic E-state index is -0.529. The van der Waals surface area contributed by atoms with Gasteiger partial charge in [0.1, 0.15) is 12.1 Å². The molecule has 0 spiro atoms. The molecule has 0 saturated carbocycles. The van der Waals surface area contributed by atoms with Crippen LogP contribution in [-0.4, -0.2) is 27.7 Å². The van der Waals surface area contributed by atoms with Crippen LogP contribution in [-0.2, 0) is 9.47 Å². The minimum absolute atomic E-state index is 0.337. The molecule has 0 unspecified atom stereocenters. The molecule has 6 heteroatoms. The summed E-state index contributed by atoms with van der Waals surface area (Å²) in [6.07, 6.45) is 3.96. The van der Waals surface area contributed by atoms with Gasteiger partial charge in [0.15, 0.2) is 6.29 Å². The number of aromatic nitrogens is 3. The molecule has 1 aliphatic heterocycles. The van der Waals surface area contributed by atoms with E-state index < -0.39 is 5.95 Å². The highest BCUT2D eigenvalue weighted by Gasteiger charge is 2.18. The van der Waals surface area contributed by atoms with Crippen molar-refractivity contribution in [3.05, 3.63) is 42.4 Å². The normalized spacial score (nSPS) is 16.5. The lowest BCUT2D eigenvalue weighted by molar-refractivity contribution is -0.0443. The first kappa shape index (κ1) is 10.4. The summed E-state index contributed by atoms with van der Waals surface area (Å²) in [5, 5.41) is 0. The molecule has 0 N–H and O–H groups in total. The summed E-state index contributed by atoms with van der Waals surface area (Å²) in [4.78, 5) is 7.70. The lowest BCUT2D eigenvalue weighted by atomic mass is 10.3. The first-order chi connectivity index (χ1) is 8.33. The Morgan fingerprint density at radius 3 is 2.65 bits per heavy atom. The summed E-state index contributed by atoms with van der Waals surface area (Å²) < 4.78 is 24.9. The second-order valence-electron chi connectivity index (χ2n) is 3.63. The van der Waals surface area contributed by atoms with Gasteiger partial charge in [0.05, 0.1) is 19.4 Å². The van der Waals surface area contributed by atoms with Crippen LogP contribution in [0.4, 0.5) is 4.39 Å². The quantitative estimate of drug-likeness (QED) is 0.790. The monoisotopic (exact) mass is 235 g/mol. The lowest BCUT2D eigenvalue weighted by Gasteiger charge is -2.09. The van der Waals surface area contributed by atoms with Gasteiger partial charge in [0.25, 0.3) is 0 Å². The molecule has 3 heterocycles. The van der Waals surface area contributed by atoms with E-state index in [0.717, 1.165) is 5.56 Å². The Labute approximate surface area is 96.8 Å². The van der Waals surface area contributed by atoms with E-state index in [-0.39, 0.29) is 6.29 Å². The maximum absolute atomic E-state index is 12.7. The van der Waals surface area contributed by atoms with Crippen LogP contribution in [0.25, 0.3) is 5.82 Å². The van der Waals surface area contributed by atoms with Gasteiger partial charge in [0.2, 0.25) is 5.95 Å². The summed E-state index contributed by atoms with van der Waals surface area (Å²) in [5.41, 5.74) is 0.854. The minimum Gasteiger partial charge on any atom is -0.346 e. The highest BCUT2D eigenvalue weighted by atomic mass is 19.1. The topological polar surface area (TPSA) is 49.2 Å². The number of nitrogens with zero attached hydrogens (tertiary/aromatic N) is 3. The number of imidazole rings is 1. The zero-order valence-corrected chi connectivity index (χ0v) is 8.91. The maximum atomic E-state index is 12.7. The molecule has 2 aromatic rings. The molecule has 1 fully saturated rings. The lowest BCUT2D eigenvalue weighted by Crippen LogP contribution is -2.01. The Kier molecular flexibility index (Phi) is 2.58. The van der Waals surface area contributed by atoms with Crippen LogP contribution in [0.5, 0.6) is 0 Å². The summed E-state index contributed by atoms with van der Waals surface area (Å²) in [6.45, 7) is 1.19. The van der Waals surface area contributed by atoms with Gasteiger partial charge < -0.3 is 9.47 Å². The van der Waals surface area contributed by atoms with Crippen LogP contribution in [0.2, 0.25) is 0 Å². The zero-order chi connectivity index (χ0) is 11.7. The molecule has 3 rings (SSSR count). The standard InChI is InChI=1S/C11H10FN3O2/c12-9-6-15(7-14-9)10-2-1-8(5-13-10)11-16-3-4-17-11/h1-2,5-7,11H,3-4H2. The molecule has 5 nitrogen and oxygen atoms in total. The average Bonchev–Trinajstić information content (AvgIpc) is 3.00. The highest BCUT2D eigenvalue weighted by Crippen LogP contribution is 2.22. The number of hydrogen-bond acceptors (Lipinski definition) is 4. The molecule has 0 aliphatic carbocycles. The van der Waals surface area contributed by atoms with Gasteiger partial charge in [-0.2, -0.15) is 4.39 Å². The number of pyridine rings is 1. The Morgan fingerprint density at radius 1 is 1.24 bits per heavy atom. The summed E-state index contributed by atoms with van der Waals surface area (Å²) in [6, 6.07) is 3.61. The van der Waals surface area contributed by atoms with Crippen LogP contribution < -0.4 is 0 Å². The van der Waals surface area contributed by atoms with Crippen LogP contribution >= 0.6 is 0 Å².